The van der Waals surface area contributed by atoms with Crippen LogP contribution in [0.3, 0.4) is 0 Å². The SMILES string of the molecule is CC(=O)c1ccc2c(c1)[C@@H]1C=CC[C@@H]1[C@@H](c1cc3c(cc1C)OCO3)N2. The lowest BCUT2D eigenvalue weighted by Crippen LogP contribution is -2.29. The summed E-state index contributed by atoms with van der Waals surface area (Å²) < 4.78 is 11.1. The van der Waals surface area contributed by atoms with Gasteiger partial charge in [0.25, 0.3) is 0 Å². The standard InChI is InChI=1S/C22H21NO3/c1-12-8-20-21(26-11-25-20)10-17(12)22-16-5-3-4-15(16)18-9-14(13(2)24)6-7-19(18)23-22/h3-4,6-10,15-16,22-23H,5,11H2,1-2H3/t15-,16+,22+/m1/s1. The summed E-state index contributed by atoms with van der Waals surface area (Å²) in [6.45, 7) is 4.05. The largest absolute Gasteiger partial charge is 0.454 e. The minimum Gasteiger partial charge on any atom is -0.454 e. The van der Waals surface area contributed by atoms with Gasteiger partial charge in [-0.1, -0.05) is 12.2 Å². The van der Waals surface area contributed by atoms with Crippen LogP contribution in [0.25, 0.3) is 0 Å². The van der Waals surface area contributed by atoms with Crippen LogP contribution >= 0.6 is 0 Å². The maximum absolute atomic E-state index is 11.8. The molecule has 0 unspecified atom stereocenters. The minimum atomic E-state index is 0.111. The Morgan fingerprint density at radius 2 is 1.92 bits per heavy atom. The lowest BCUT2D eigenvalue weighted by atomic mass is 9.75. The van der Waals surface area contributed by atoms with Crippen molar-refractivity contribution < 1.29 is 14.3 Å². The normalized spacial score (nSPS) is 24.8. The summed E-state index contributed by atoms with van der Waals surface area (Å²) in [5.74, 6) is 2.53. The van der Waals surface area contributed by atoms with E-state index in [1.807, 2.05) is 12.1 Å². The predicted octanol–water partition coefficient (Wildman–Crippen LogP) is 4.75. The molecule has 2 heterocycles. The molecule has 0 radical (unpaired) electrons. The van der Waals surface area contributed by atoms with Crippen LogP contribution in [0.1, 0.15) is 52.4 Å². The smallest absolute Gasteiger partial charge is 0.231 e. The summed E-state index contributed by atoms with van der Waals surface area (Å²) in [5, 5.41) is 3.74. The fraction of sp³-hybridized carbons (Fsp3) is 0.318. The monoisotopic (exact) mass is 347 g/mol. The Bertz CT molecular complexity index is 947. The van der Waals surface area contributed by atoms with Crippen LogP contribution in [0.5, 0.6) is 11.5 Å². The third-order valence-corrected chi connectivity index (χ3v) is 5.87. The molecule has 5 rings (SSSR count). The fourth-order valence-corrected chi connectivity index (χ4v) is 4.52. The number of carbonyl (C=O) groups is 1. The van der Waals surface area contributed by atoms with Gasteiger partial charge >= 0.3 is 0 Å². The summed E-state index contributed by atoms with van der Waals surface area (Å²) in [6, 6.07) is 10.4. The number of anilines is 1. The van der Waals surface area contributed by atoms with Gasteiger partial charge in [0.1, 0.15) is 0 Å². The second-order valence-electron chi connectivity index (χ2n) is 7.40. The Kier molecular flexibility index (Phi) is 3.36. The molecule has 132 valence electrons. The molecule has 0 saturated carbocycles. The van der Waals surface area contributed by atoms with Crippen LogP contribution < -0.4 is 14.8 Å². The number of allylic oxidation sites excluding steroid dienone is 2. The summed E-state index contributed by atoms with van der Waals surface area (Å²) >= 11 is 0. The number of nitrogens with one attached hydrogen (secondary N) is 1. The van der Waals surface area contributed by atoms with Gasteiger partial charge in [0.15, 0.2) is 17.3 Å². The molecule has 2 aromatic rings. The van der Waals surface area contributed by atoms with Crippen LogP contribution in [0.4, 0.5) is 5.69 Å². The Balaban J connectivity index is 1.59. The van der Waals surface area contributed by atoms with Crippen LogP contribution in [-0.2, 0) is 0 Å². The van der Waals surface area contributed by atoms with Crippen molar-refractivity contribution in [2.75, 3.05) is 12.1 Å². The number of benzene rings is 2. The third-order valence-electron chi connectivity index (χ3n) is 5.87. The number of ketones is 1. The number of aryl methyl sites for hydroxylation is 1. The van der Waals surface area contributed by atoms with Gasteiger partial charge in [0.2, 0.25) is 6.79 Å². The van der Waals surface area contributed by atoms with E-state index < -0.39 is 0 Å². The molecule has 2 aromatic carbocycles. The number of carbonyl (C=O) groups excluding carboxylic acids is 1. The highest BCUT2D eigenvalue weighted by molar-refractivity contribution is 5.95. The molecular formula is C22H21NO3. The molecule has 4 nitrogen and oxygen atoms in total. The average molecular weight is 347 g/mol. The number of hydrogen-bond donors (Lipinski definition) is 1. The first-order valence-electron chi connectivity index (χ1n) is 9.10. The van der Waals surface area contributed by atoms with Crippen LogP contribution in [-0.4, -0.2) is 12.6 Å². The molecule has 0 aromatic heterocycles. The van der Waals surface area contributed by atoms with Gasteiger partial charge in [0.05, 0.1) is 6.04 Å². The summed E-state index contributed by atoms with van der Waals surface area (Å²) in [7, 11) is 0. The highest BCUT2D eigenvalue weighted by Crippen LogP contribution is 2.51. The summed E-state index contributed by atoms with van der Waals surface area (Å²) in [4.78, 5) is 11.8. The first-order chi connectivity index (χ1) is 12.6. The van der Waals surface area contributed by atoms with Crippen LogP contribution in [0.15, 0.2) is 42.5 Å². The van der Waals surface area contributed by atoms with Crippen molar-refractivity contribution in [3.63, 3.8) is 0 Å². The summed E-state index contributed by atoms with van der Waals surface area (Å²) in [6.07, 6.45) is 5.59. The van der Waals surface area contributed by atoms with Crippen molar-refractivity contribution in [3.05, 3.63) is 64.7 Å². The molecule has 26 heavy (non-hydrogen) atoms. The molecule has 0 fully saturated rings. The number of rotatable bonds is 2. The van der Waals surface area contributed by atoms with E-state index in [4.69, 9.17) is 9.47 Å². The zero-order chi connectivity index (χ0) is 17.8. The molecule has 0 amide bonds. The van der Waals surface area contributed by atoms with Crippen molar-refractivity contribution in [1.29, 1.82) is 0 Å². The Hall–Kier alpha value is -2.75. The van der Waals surface area contributed by atoms with Crippen molar-refractivity contribution in [2.45, 2.75) is 32.2 Å². The first-order valence-corrected chi connectivity index (χ1v) is 9.10. The lowest BCUT2D eigenvalue weighted by molar-refractivity contribution is 0.101. The zero-order valence-electron chi connectivity index (χ0n) is 14.9. The van der Waals surface area contributed by atoms with E-state index in [1.54, 1.807) is 6.92 Å². The van der Waals surface area contributed by atoms with E-state index in [1.165, 1.54) is 16.7 Å². The van der Waals surface area contributed by atoms with Crippen molar-refractivity contribution in [3.8, 4) is 11.5 Å². The van der Waals surface area contributed by atoms with E-state index in [0.717, 1.165) is 29.2 Å². The van der Waals surface area contributed by atoms with E-state index in [2.05, 4.69) is 42.6 Å². The lowest BCUT2D eigenvalue weighted by Gasteiger charge is -2.38. The van der Waals surface area contributed by atoms with E-state index in [0.29, 0.717) is 18.6 Å². The molecule has 3 atom stereocenters. The van der Waals surface area contributed by atoms with Crippen molar-refractivity contribution in [1.82, 2.24) is 0 Å². The molecule has 4 heteroatoms. The van der Waals surface area contributed by atoms with Crippen molar-refractivity contribution in [2.24, 2.45) is 5.92 Å². The number of Topliss-reactive ketones (excluding diaryl/α,β-unsaturated/α-hetero) is 1. The predicted molar refractivity (Wildman–Crippen MR) is 100 cm³/mol. The first kappa shape index (κ1) is 15.5. The zero-order valence-corrected chi connectivity index (χ0v) is 14.9. The second-order valence-corrected chi connectivity index (χ2v) is 7.40. The second kappa shape index (κ2) is 5.63. The average Bonchev–Trinajstić information content (AvgIpc) is 3.29. The van der Waals surface area contributed by atoms with Crippen LogP contribution in [0.2, 0.25) is 0 Å². The highest BCUT2D eigenvalue weighted by Gasteiger charge is 2.39. The Morgan fingerprint density at radius 1 is 1.12 bits per heavy atom. The van der Waals surface area contributed by atoms with Gasteiger partial charge in [-0.3, -0.25) is 4.79 Å². The van der Waals surface area contributed by atoms with Gasteiger partial charge in [-0.15, -0.1) is 0 Å². The fourth-order valence-electron chi connectivity index (χ4n) is 4.52. The van der Waals surface area contributed by atoms with Crippen molar-refractivity contribution >= 4 is 11.5 Å². The molecular weight excluding hydrogens is 326 g/mol. The maximum atomic E-state index is 11.8. The molecule has 3 aliphatic rings. The van der Waals surface area contributed by atoms with E-state index in [9.17, 15) is 4.79 Å². The van der Waals surface area contributed by atoms with Gasteiger partial charge in [-0.25, -0.2) is 0 Å². The van der Waals surface area contributed by atoms with Gasteiger partial charge in [-0.05, 0) is 73.2 Å². The Labute approximate surface area is 152 Å². The van der Waals surface area contributed by atoms with Crippen LogP contribution in [0, 0.1) is 12.8 Å². The molecule has 2 aliphatic heterocycles. The maximum Gasteiger partial charge on any atom is 0.231 e. The van der Waals surface area contributed by atoms with E-state index >= 15 is 0 Å². The minimum absolute atomic E-state index is 0.111. The Morgan fingerprint density at radius 3 is 2.73 bits per heavy atom. The molecule has 0 bridgehead atoms. The molecule has 0 saturated heterocycles. The summed E-state index contributed by atoms with van der Waals surface area (Å²) in [5.41, 5.74) is 5.59. The topological polar surface area (TPSA) is 47.6 Å². The number of ether oxygens (including phenoxy) is 2. The molecule has 0 spiro atoms. The number of hydrogen-bond acceptors (Lipinski definition) is 4. The van der Waals surface area contributed by atoms with Gasteiger partial charge < -0.3 is 14.8 Å². The number of fused-ring (bicyclic) bond motifs is 4. The highest BCUT2D eigenvalue weighted by atomic mass is 16.7. The molecule has 1 N–H and O–H groups in total. The third kappa shape index (κ3) is 2.25. The van der Waals surface area contributed by atoms with Gasteiger partial charge in [-0.2, -0.15) is 0 Å². The van der Waals surface area contributed by atoms with Gasteiger partial charge in [0, 0.05) is 17.2 Å². The molecule has 1 aliphatic carbocycles. The quantitative estimate of drug-likeness (QED) is 0.629. The van der Waals surface area contributed by atoms with E-state index in [-0.39, 0.29) is 11.8 Å².